The first-order chi connectivity index (χ1) is 7.10. The summed E-state index contributed by atoms with van der Waals surface area (Å²) in [4.78, 5) is 0. The van der Waals surface area contributed by atoms with Crippen molar-refractivity contribution >= 4 is 0 Å². The molecule has 0 aliphatic carbocycles. The Kier molecular flexibility index (Phi) is 2.35. The predicted molar refractivity (Wildman–Crippen MR) is 57.2 cm³/mol. The van der Waals surface area contributed by atoms with Crippen molar-refractivity contribution < 1.29 is 8.81 Å². The number of hydrogen-bond donors (Lipinski definition) is 0. The van der Waals surface area contributed by atoms with Gasteiger partial charge in [-0.2, -0.15) is 0 Å². The Labute approximate surface area is 88.5 Å². The first-order valence-corrected chi connectivity index (χ1v) is 4.91. The van der Waals surface area contributed by atoms with E-state index in [0.29, 0.717) is 0 Å². The van der Waals surface area contributed by atoms with Crippen LogP contribution in [0.1, 0.15) is 25.2 Å². The van der Waals surface area contributed by atoms with E-state index in [9.17, 15) is 4.39 Å². The van der Waals surface area contributed by atoms with Crippen molar-refractivity contribution in [3.8, 4) is 0 Å². The third-order valence-electron chi connectivity index (χ3n) is 2.70. The van der Waals surface area contributed by atoms with Gasteiger partial charge in [0.2, 0.25) is 0 Å². The molecule has 2 heteroatoms. The van der Waals surface area contributed by atoms with Crippen LogP contribution in [0, 0.1) is 5.82 Å². The molecule has 0 radical (unpaired) electrons. The van der Waals surface area contributed by atoms with Crippen LogP contribution in [0.25, 0.3) is 0 Å². The van der Waals surface area contributed by atoms with Gasteiger partial charge in [-0.25, -0.2) is 4.39 Å². The first kappa shape index (κ1) is 9.97. The van der Waals surface area contributed by atoms with Crippen LogP contribution in [0.3, 0.4) is 0 Å². The Balaban J connectivity index is 2.41. The molecule has 0 aliphatic heterocycles. The van der Waals surface area contributed by atoms with Gasteiger partial charge in [0.05, 0.1) is 6.26 Å². The second kappa shape index (κ2) is 3.54. The Hall–Kier alpha value is -1.57. The molecule has 0 unspecified atom stereocenters. The smallest absolute Gasteiger partial charge is 0.123 e. The molecule has 1 nitrogen and oxygen atoms in total. The highest BCUT2D eigenvalue weighted by molar-refractivity contribution is 5.32. The molecular formula is C13H13FO. The van der Waals surface area contributed by atoms with Gasteiger partial charge >= 0.3 is 0 Å². The summed E-state index contributed by atoms with van der Waals surface area (Å²) in [6.07, 6.45) is 1.65. The molecule has 0 aliphatic rings. The van der Waals surface area contributed by atoms with E-state index >= 15 is 0 Å². The van der Waals surface area contributed by atoms with E-state index in [-0.39, 0.29) is 11.2 Å². The Morgan fingerprint density at radius 1 is 1.07 bits per heavy atom. The zero-order valence-corrected chi connectivity index (χ0v) is 8.83. The topological polar surface area (TPSA) is 13.1 Å². The molecule has 15 heavy (non-hydrogen) atoms. The third-order valence-corrected chi connectivity index (χ3v) is 2.70. The van der Waals surface area contributed by atoms with Crippen LogP contribution >= 0.6 is 0 Å². The van der Waals surface area contributed by atoms with Crippen molar-refractivity contribution in [1.29, 1.82) is 0 Å². The van der Waals surface area contributed by atoms with Crippen molar-refractivity contribution in [3.05, 3.63) is 59.8 Å². The fourth-order valence-corrected chi connectivity index (χ4v) is 1.64. The Morgan fingerprint density at radius 2 is 1.73 bits per heavy atom. The van der Waals surface area contributed by atoms with Crippen molar-refractivity contribution in [1.82, 2.24) is 0 Å². The lowest BCUT2D eigenvalue weighted by Crippen LogP contribution is -2.17. The van der Waals surface area contributed by atoms with Crippen LogP contribution in [0.2, 0.25) is 0 Å². The standard InChI is InChI=1S/C13H13FO/c1-13(2,12-4-3-9-15-12)10-5-7-11(14)8-6-10/h3-9H,1-2H3. The van der Waals surface area contributed by atoms with E-state index in [1.54, 1.807) is 18.4 Å². The van der Waals surface area contributed by atoms with E-state index in [0.717, 1.165) is 11.3 Å². The minimum absolute atomic E-state index is 0.214. The van der Waals surface area contributed by atoms with Crippen LogP contribution in [0.15, 0.2) is 47.1 Å². The lowest BCUT2D eigenvalue weighted by Gasteiger charge is -2.22. The summed E-state index contributed by atoms with van der Waals surface area (Å²) in [6, 6.07) is 10.3. The third kappa shape index (κ3) is 1.80. The zero-order chi connectivity index (χ0) is 10.9. The van der Waals surface area contributed by atoms with Gasteiger partial charge in [0.15, 0.2) is 0 Å². The monoisotopic (exact) mass is 204 g/mol. The highest BCUT2D eigenvalue weighted by Gasteiger charge is 2.25. The molecule has 1 aromatic heterocycles. The van der Waals surface area contributed by atoms with Crippen LogP contribution in [-0.2, 0) is 5.41 Å². The van der Waals surface area contributed by atoms with E-state index in [1.165, 1.54) is 12.1 Å². The summed E-state index contributed by atoms with van der Waals surface area (Å²) < 4.78 is 18.2. The second-order valence-electron chi connectivity index (χ2n) is 4.11. The minimum Gasteiger partial charge on any atom is -0.468 e. The van der Waals surface area contributed by atoms with Gasteiger partial charge in [0, 0.05) is 5.41 Å². The number of halogens is 1. The summed E-state index contributed by atoms with van der Waals surface area (Å²) >= 11 is 0. The number of benzene rings is 1. The fourth-order valence-electron chi connectivity index (χ4n) is 1.64. The normalized spacial score (nSPS) is 11.7. The minimum atomic E-state index is -0.225. The van der Waals surface area contributed by atoms with Crippen LogP contribution in [0.5, 0.6) is 0 Å². The maximum absolute atomic E-state index is 12.8. The zero-order valence-electron chi connectivity index (χ0n) is 8.83. The number of rotatable bonds is 2. The molecular weight excluding hydrogens is 191 g/mol. The predicted octanol–water partition coefficient (Wildman–Crippen LogP) is 3.74. The summed E-state index contributed by atoms with van der Waals surface area (Å²) in [5.41, 5.74) is 0.816. The van der Waals surface area contributed by atoms with Crippen LogP contribution in [0.4, 0.5) is 4.39 Å². The highest BCUT2D eigenvalue weighted by atomic mass is 19.1. The quantitative estimate of drug-likeness (QED) is 0.726. The first-order valence-electron chi connectivity index (χ1n) is 4.91. The van der Waals surface area contributed by atoms with Gasteiger partial charge in [0.25, 0.3) is 0 Å². The molecule has 0 saturated heterocycles. The molecule has 0 saturated carbocycles. The summed E-state index contributed by atoms with van der Waals surface area (Å²) in [6.45, 7) is 4.11. The van der Waals surface area contributed by atoms with Gasteiger partial charge in [-0.05, 0) is 43.7 Å². The lowest BCUT2D eigenvalue weighted by molar-refractivity contribution is 0.429. The van der Waals surface area contributed by atoms with E-state index < -0.39 is 0 Å². The summed E-state index contributed by atoms with van der Waals surface area (Å²) in [7, 11) is 0. The molecule has 0 N–H and O–H groups in total. The van der Waals surface area contributed by atoms with Crippen molar-refractivity contribution in [2.24, 2.45) is 0 Å². The molecule has 0 atom stereocenters. The molecule has 1 aromatic carbocycles. The summed E-state index contributed by atoms with van der Waals surface area (Å²) in [5.74, 6) is 0.670. The molecule has 0 amide bonds. The van der Waals surface area contributed by atoms with Gasteiger partial charge in [-0.15, -0.1) is 0 Å². The van der Waals surface area contributed by atoms with Gasteiger partial charge in [0.1, 0.15) is 11.6 Å². The summed E-state index contributed by atoms with van der Waals surface area (Å²) in [5, 5.41) is 0. The fraction of sp³-hybridized carbons (Fsp3) is 0.231. The molecule has 0 bridgehead atoms. The van der Waals surface area contributed by atoms with E-state index in [2.05, 4.69) is 13.8 Å². The van der Waals surface area contributed by atoms with E-state index in [1.807, 2.05) is 12.1 Å². The molecule has 2 aromatic rings. The maximum Gasteiger partial charge on any atom is 0.123 e. The van der Waals surface area contributed by atoms with Crippen LogP contribution < -0.4 is 0 Å². The molecule has 0 fully saturated rings. The largest absolute Gasteiger partial charge is 0.468 e. The van der Waals surface area contributed by atoms with Crippen molar-refractivity contribution in [2.75, 3.05) is 0 Å². The Bertz CT molecular complexity index is 426. The maximum atomic E-state index is 12.8. The molecule has 2 rings (SSSR count). The van der Waals surface area contributed by atoms with Gasteiger partial charge in [-0.1, -0.05) is 12.1 Å². The number of furan rings is 1. The van der Waals surface area contributed by atoms with Gasteiger partial charge in [-0.3, -0.25) is 0 Å². The van der Waals surface area contributed by atoms with Crippen molar-refractivity contribution in [2.45, 2.75) is 19.3 Å². The average molecular weight is 204 g/mol. The Morgan fingerprint density at radius 3 is 2.27 bits per heavy atom. The lowest BCUT2D eigenvalue weighted by atomic mass is 9.82. The molecule has 1 heterocycles. The average Bonchev–Trinajstić information content (AvgIpc) is 2.71. The molecule has 78 valence electrons. The SMILES string of the molecule is CC(C)(c1ccc(F)cc1)c1ccco1. The molecule has 0 spiro atoms. The van der Waals surface area contributed by atoms with Crippen LogP contribution in [-0.4, -0.2) is 0 Å². The van der Waals surface area contributed by atoms with Gasteiger partial charge < -0.3 is 4.42 Å². The number of hydrogen-bond acceptors (Lipinski definition) is 1. The van der Waals surface area contributed by atoms with Crippen molar-refractivity contribution in [3.63, 3.8) is 0 Å². The highest BCUT2D eigenvalue weighted by Crippen LogP contribution is 2.31. The second-order valence-corrected chi connectivity index (χ2v) is 4.11. The van der Waals surface area contributed by atoms with E-state index in [4.69, 9.17) is 4.42 Å².